The minimum absolute atomic E-state index is 0.0787. The largest absolute Gasteiger partial charge is 0.423 e. The summed E-state index contributed by atoms with van der Waals surface area (Å²) >= 11 is 0. The second-order valence-electron chi connectivity index (χ2n) is 9.53. The number of alkyl halides is 5. The Balaban J connectivity index is 1.19. The summed E-state index contributed by atoms with van der Waals surface area (Å²) in [5, 5.41) is 14.0. The fourth-order valence-electron chi connectivity index (χ4n) is 4.83. The number of carbonyl (C=O) groups is 1. The van der Waals surface area contributed by atoms with Gasteiger partial charge in [-0.25, -0.2) is 8.78 Å². The third-order valence-corrected chi connectivity index (χ3v) is 6.98. The van der Waals surface area contributed by atoms with Crippen molar-refractivity contribution >= 4 is 23.0 Å². The van der Waals surface area contributed by atoms with Crippen molar-refractivity contribution in [1.29, 1.82) is 0 Å². The lowest BCUT2D eigenvalue weighted by atomic mass is 9.92. The number of nitrogens with one attached hydrogen (secondary N) is 1. The average Bonchev–Trinajstić information content (AvgIpc) is 2.92. The first-order valence-electron chi connectivity index (χ1n) is 12.5. The van der Waals surface area contributed by atoms with Gasteiger partial charge in [-0.3, -0.25) is 19.9 Å². The molecular formula is C25H28F5N5O4. The van der Waals surface area contributed by atoms with E-state index >= 15 is 0 Å². The van der Waals surface area contributed by atoms with Gasteiger partial charge < -0.3 is 19.9 Å². The fraction of sp³-hybridized carbons (Fsp3) is 0.520. The first kappa shape index (κ1) is 28.5. The zero-order valence-corrected chi connectivity index (χ0v) is 20.9. The number of hydrogen-bond donors (Lipinski definition) is 1. The molecule has 0 radical (unpaired) electrons. The highest BCUT2D eigenvalue weighted by Crippen LogP contribution is 2.38. The number of aromatic nitrogens is 1. The number of pyridine rings is 1. The number of anilines is 2. The molecular weight excluding hydrogens is 529 g/mol. The normalized spacial score (nSPS) is 20.3. The lowest BCUT2D eigenvalue weighted by Crippen LogP contribution is -2.50. The molecule has 4 rings (SSSR count). The third kappa shape index (κ3) is 7.31. The minimum atomic E-state index is -4.84. The van der Waals surface area contributed by atoms with E-state index in [1.807, 2.05) is 4.90 Å². The van der Waals surface area contributed by atoms with Crippen LogP contribution in [0.1, 0.15) is 43.4 Å². The Labute approximate surface area is 221 Å². The van der Waals surface area contributed by atoms with E-state index in [9.17, 15) is 36.9 Å². The Morgan fingerprint density at radius 2 is 1.79 bits per heavy atom. The second kappa shape index (κ2) is 12.1. The van der Waals surface area contributed by atoms with Gasteiger partial charge in [0.15, 0.2) is 0 Å². The van der Waals surface area contributed by atoms with Crippen molar-refractivity contribution in [3.63, 3.8) is 0 Å². The topological polar surface area (TPSA) is 101 Å². The van der Waals surface area contributed by atoms with E-state index in [2.05, 4.69) is 10.3 Å². The SMILES string of the molecule is O=C(CO[C@H]1CC[C@H](Nc2ccc([N+](=O)[O-])c(C(F)(F)F)c2)CC1)N1CCN(c2ccc(C(F)F)nc2)CC1. The molecule has 9 nitrogen and oxygen atoms in total. The van der Waals surface area contributed by atoms with E-state index in [0.717, 1.165) is 17.8 Å². The highest BCUT2D eigenvalue weighted by Gasteiger charge is 2.38. The van der Waals surface area contributed by atoms with Crippen LogP contribution >= 0.6 is 0 Å². The van der Waals surface area contributed by atoms with Crippen molar-refractivity contribution < 1.29 is 36.4 Å². The third-order valence-electron chi connectivity index (χ3n) is 6.98. The number of piperazine rings is 1. The molecule has 1 saturated carbocycles. The zero-order valence-electron chi connectivity index (χ0n) is 20.9. The summed E-state index contributed by atoms with van der Waals surface area (Å²) < 4.78 is 70.9. The van der Waals surface area contributed by atoms with Crippen LogP contribution in [0.15, 0.2) is 36.5 Å². The van der Waals surface area contributed by atoms with Crippen LogP contribution in [0.3, 0.4) is 0 Å². The van der Waals surface area contributed by atoms with Crippen LogP contribution in [0.4, 0.5) is 39.0 Å². The molecule has 2 fully saturated rings. The van der Waals surface area contributed by atoms with Gasteiger partial charge in [0.05, 0.1) is 22.9 Å². The monoisotopic (exact) mass is 557 g/mol. The van der Waals surface area contributed by atoms with Crippen LogP contribution < -0.4 is 10.2 Å². The molecule has 0 spiro atoms. The van der Waals surface area contributed by atoms with Crippen molar-refractivity contribution in [1.82, 2.24) is 9.88 Å². The van der Waals surface area contributed by atoms with E-state index < -0.39 is 28.8 Å². The Morgan fingerprint density at radius 1 is 1.10 bits per heavy atom. The molecule has 1 aromatic carbocycles. The summed E-state index contributed by atoms with van der Waals surface area (Å²) in [6.45, 7) is 1.92. The number of amides is 1. The number of benzene rings is 1. The number of hydrogen-bond acceptors (Lipinski definition) is 7. The van der Waals surface area contributed by atoms with Crippen LogP contribution in [-0.4, -0.2) is 65.6 Å². The van der Waals surface area contributed by atoms with Crippen molar-refractivity contribution in [2.24, 2.45) is 0 Å². The van der Waals surface area contributed by atoms with E-state index in [0.29, 0.717) is 51.9 Å². The zero-order chi connectivity index (χ0) is 28.2. The highest BCUT2D eigenvalue weighted by molar-refractivity contribution is 5.77. The number of halogens is 5. The highest BCUT2D eigenvalue weighted by atomic mass is 19.4. The molecule has 1 aliphatic carbocycles. The molecule has 1 amide bonds. The summed E-state index contributed by atoms with van der Waals surface area (Å²) in [4.78, 5) is 30.0. The molecule has 1 aliphatic heterocycles. The van der Waals surface area contributed by atoms with Gasteiger partial charge >= 0.3 is 6.18 Å². The predicted octanol–water partition coefficient (Wildman–Crippen LogP) is 5.03. The maximum absolute atomic E-state index is 13.2. The van der Waals surface area contributed by atoms with E-state index in [4.69, 9.17) is 4.74 Å². The molecule has 2 aromatic rings. The number of nitro benzene ring substituents is 1. The molecule has 0 unspecified atom stereocenters. The fourth-order valence-corrected chi connectivity index (χ4v) is 4.83. The van der Waals surface area contributed by atoms with Gasteiger partial charge in [-0.1, -0.05) is 0 Å². The Hall–Kier alpha value is -3.55. The molecule has 2 heterocycles. The molecule has 14 heteroatoms. The molecule has 1 N–H and O–H groups in total. The lowest BCUT2D eigenvalue weighted by molar-refractivity contribution is -0.388. The van der Waals surface area contributed by atoms with Crippen molar-refractivity contribution in [3.05, 3.63) is 57.9 Å². The quantitative estimate of drug-likeness (QED) is 0.276. The summed E-state index contributed by atoms with van der Waals surface area (Å²) in [6, 6.07) is 5.64. The van der Waals surface area contributed by atoms with Gasteiger partial charge in [-0.15, -0.1) is 0 Å². The smallest absolute Gasteiger partial charge is 0.382 e. The van der Waals surface area contributed by atoms with Crippen LogP contribution in [-0.2, 0) is 15.7 Å². The number of nitro groups is 1. The average molecular weight is 558 g/mol. The molecule has 2 aliphatic rings. The maximum atomic E-state index is 13.2. The lowest BCUT2D eigenvalue weighted by Gasteiger charge is -2.36. The summed E-state index contributed by atoms with van der Waals surface area (Å²) in [7, 11) is 0. The van der Waals surface area contributed by atoms with Gasteiger partial charge in [-0.05, 0) is 49.9 Å². The van der Waals surface area contributed by atoms with Gasteiger partial charge in [0.2, 0.25) is 5.91 Å². The van der Waals surface area contributed by atoms with Gasteiger partial charge in [0, 0.05) is 44.0 Å². The second-order valence-corrected chi connectivity index (χ2v) is 9.53. The Bertz CT molecular complexity index is 1150. The molecule has 39 heavy (non-hydrogen) atoms. The standard InChI is InChI=1S/C25H28F5N5O4/c26-24(27)21-7-4-18(14-31-21)33-9-11-34(12-10-33)23(36)15-39-19-5-1-16(2-6-19)32-17-3-8-22(35(37)38)20(13-17)25(28,29)30/h3-4,7-8,13-14,16,19,24,32H,1-2,5-6,9-12,15H2/t16-,19-. The van der Waals surface area contributed by atoms with Crippen LogP contribution in [0, 0.1) is 10.1 Å². The van der Waals surface area contributed by atoms with Crippen LogP contribution in [0.25, 0.3) is 0 Å². The number of nitrogens with zero attached hydrogens (tertiary/aromatic N) is 4. The molecule has 212 valence electrons. The number of rotatable bonds is 8. The number of ether oxygens (including phenoxy) is 1. The summed E-state index contributed by atoms with van der Waals surface area (Å²) in [5.74, 6) is -0.147. The number of carbonyl (C=O) groups excluding carboxylic acids is 1. The van der Waals surface area contributed by atoms with Crippen LogP contribution in [0.2, 0.25) is 0 Å². The molecule has 0 atom stereocenters. The first-order valence-corrected chi connectivity index (χ1v) is 12.5. The van der Waals surface area contributed by atoms with Crippen molar-refractivity contribution in [2.75, 3.05) is 43.0 Å². The van der Waals surface area contributed by atoms with Crippen molar-refractivity contribution in [3.8, 4) is 0 Å². The van der Waals surface area contributed by atoms with E-state index in [-0.39, 0.29) is 36.0 Å². The van der Waals surface area contributed by atoms with Crippen LogP contribution in [0.5, 0.6) is 0 Å². The minimum Gasteiger partial charge on any atom is -0.382 e. The van der Waals surface area contributed by atoms with Crippen molar-refractivity contribution in [2.45, 2.75) is 50.4 Å². The van der Waals surface area contributed by atoms with Gasteiger partial charge in [0.1, 0.15) is 17.9 Å². The first-order chi connectivity index (χ1) is 18.5. The van der Waals surface area contributed by atoms with E-state index in [1.165, 1.54) is 18.3 Å². The molecule has 0 bridgehead atoms. The Morgan fingerprint density at radius 3 is 2.36 bits per heavy atom. The van der Waals surface area contributed by atoms with Gasteiger partial charge in [0.25, 0.3) is 12.1 Å². The molecule has 1 aromatic heterocycles. The van der Waals surface area contributed by atoms with Gasteiger partial charge in [-0.2, -0.15) is 13.2 Å². The summed E-state index contributed by atoms with van der Waals surface area (Å²) in [5.41, 5.74) is -1.69. The predicted molar refractivity (Wildman–Crippen MR) is 132 cm³/mol. The van der Waals surface area contributed by atoms with E-state index in [1.54, 1.807) is 11.0 Å². The maximum Gasteiger partial charge on any atom is 0.423 e. The Kier molecular flexibility index (Phi) is 8.83. The summed E-state index contributed by atoms with van der Waals surface area (Å²) in [6.07, 6.45) is -3.79. The molecule has 1 saturated heterocycles.